The third kappa shape index (κ3) is 3.73. The summed E-state index contributed by atoms with van der Waals surface area (Å²) < 4.78 is 5.72. The molecule has 4 nitrogen and oxygen atoms in total. The SMILES string of the molecule is CN(C)C1(C(CCCC2CCCO2)NN)CCCCC1. The second-order valence-electron chi connectivity index (χ2n) is 6.84. The van der Waals surface area contributed by atoms with Crippen molar-refractivity contribution < 1.29 is 4.74 Å². The number of nitrogens with one attached hydrogen (secondary N) is 1. The van der Waals surface area contributed by atoms with E-state index in [1.165, 1.54) is 57.8 Å². The van der Waals surface area contributed by atoms with Crippen molar-refractivity contribution >= 4 is 0 Å². The van der Waals surface area contributed by atoms with Crippen molar-refractivity contribution in [3.63, 3.8) is 0 Å². The quantitative estimate of drug-likeness (QED) is 0.556. The van der Waals surface area contributed by atoms with Gasteiger partial charge < -0.3 is 9.64 Å². The summed E-state index contributed by atoms with van der Waals surface area (Å²) in [4.78, 5) is 2.42. The van der Waals surface area contributed by atoms with Crippen LogP contribution >= 0.6 is 0 Å². The number of hydrogen-bond acceptors (Lipinski definition) is 4. The molecule has 0 radical (unpaired) electrons. The molecule has 2 atom stereocenters. The van der Waals surface area contributed by atoms with E-state index < -0.39 is 0 Å². The molecule has 3 N–H and O–H groups in total. The summed E-state index contributed by atoms with van der Waals surface area (Å²) in [5.74, 6) is 5.91. The first-order chi connectivity index (χ1) is 9.69. The van der Waals surface area contributed by atoms with Crippen LogP contribution in [0.5, 0.6) is 0 Å². The summed E-state index contributed by atoms with van der Waals surface area (Å²) in [5, 5.41) is 0. The van der Waals surface area contributed by atoms with Gasteiger partial charge in [0.05, 0.1) is 6.10 Å². The molecule has 0 aromatic carbocycles. The fourth-order valence-corrected chi connectivity index (χ4v) is 4.20. The molecule has 1 aliphatic heterocycles. The highest BCUT2D eigenvalue weighted by atomic mass is 16.5. The van der Waals surface area contributed by atoms with Gasteiger partial charge in [0.25, 0.3) is 0 Å². The van der Waals surface area contributed by atoms with Crippen LogP contribution in [0.25, 0.3) is 0 Å². The third-order valence-electron chi connectivity index (χ3n) is 5.50. The summed E-state index contributed by atoms with van der Waals surface area (Å²) in [7, 11) is 4.44. The van der Waals surface area contributed by atoms with E-state index in [4.69, 9.17) is 10.6 Å². The molecule has 2 fully saturated rings. The molecule has 118 valence electrons. The van der Waals surface area contributed by atoms with Gasteiger partial charge in [-0.25, -0.2) is 0 Å². The van der Waals surface area contributed by atoms with Crippen LogP contribution in [0.2, 0.25) is 0 Å². The monoisotopic (exact) mass is 283 g/mol. The summed E-state index contributed by atoms with van der Waals surface area (Å²) >= 11 is 0. The normalized spacial score (nSPS) is 27.9. The fourth-order valence-electron chi connectivity index (χ4n) is 4.20. The van der Waals surface area contributed by atoms with Crippen molar-refractivity contribution in [3.8, 4) is 0 Å². The predicted molar refractivity (Wildman–Crippen MR) is 83.4 cm³/mol. The molecule has 0 spiro atoms. The maximum atomic E-state index is 5.91. The van der Waals surface area contributed by atoms with Gasteiger partial charge in [-0.05, 0) is 59.0 Å². The number of hydrazine groups is 1. The number of hydrogen-bond donors (Lipinski definition) is 2. The Hall–Kier alpha value is -0.160. The maximum absolute atomic E-state index is 5.91. The summed E-state index contributed by atoms with van der Waals surface area (Å²) in [6, 6.07) is 0.402. The van der Waals surface area contributed by atoms with Gasteiger partial charge >= 0.3 is 0 Å². The molecule has 0 bridgehead atoms. The Morgan fingerprint density at radius 3 is 2.55 bits per heavy atom. The van der Waals surface area contributed by atoms with E-state index in [1.54, 1.807) is 0 Å². The first-order valence-corrected chi connectivity index (χ1v) is 8.44. The Bertz CT molecular complexity index is 271. The molecule has 2 rings (SSSR count). The Labute approximate surface area is 124 Å². The minimum atomic E-state index is 0.254. The Balaban J connectivity index is 1.86. The number of ether oxygens (including phenoxy) is 1. The van der Waals surface area contributed by atoms with Crippen LogP contribution in [0.1, 0.15) is 64.2 Å². The molecule has 2 unspecified atom stereocenters. The minimum Gasteiger partial charge on any atom is -0.378 e. The average Bonchev–Trinajstić information content (AvgIpc) is 2.97. The van der Waals surface area contributed by atoms with Gasteiger partial charge in [0.2, 0.25) is 0 Å². The van der Waals surface area contributed by atoms with Gasteiger partial charge in [0.15, 0.2) is 0 Å². The van der Waals surface area contributed by atoms with Crippen molar-refractivity contribution in [2.45, 2.75) is 81.9 Å². The molecule has 1 saturated heterocycles. The maximum Gasteiger partial charge on any atom is 0.0576 e. The van der Waals surface area contributed by atoms with Gasteiger partial charge in [0.1, 0.15) is 0 Å². The molecule has 2 aliphatic rings. The third-order valence-corrected chi connectivity index (χ3v) is 5.50. The molecule has 1 saturated carbocycles. The van der Waals surface area contributed by atoms with Gasteiger partial charge in [-0.1, -0.05) is 19.3 Å². The number of nitrogens with two attached hydrogens (primary N) is 1. The smallest absolute Gasteiger partial charge is 0.0576 e. The summed E-state index contributed by atoms with van der Waals surface area (Å²) in [5.41, 5.74) is 3.39. The molecule has 20 heavy (non-hydrogen) atoms. The average molecular weight is 283 g/mol. The molecule has 1 heterocycles. The first kappa shape index (κ1) is 16.2. The van der Waals surface area contributed by atoms with Crippen LogP contribution in [0, 0.1) is 0 Å². The molecular weight excluding hydrogens is 250 g/mol. The van der Waals surface area contributed by atoms with E-state index in [9.17, 15) is 0 Å². The first-order valence-electron chi connectivity index (χ1n) is 8.44. The molecule has 0 aromatic rings. The summed E-state index contributed by atoms with van der Waals surface area (Å²) in [6.07, 6.45) is 13.2. The van der Waals surface area contributed by atoms with Crippen LogP contribution in [0.15, 0.2) is 0 Å². The van der Waals surface area contributed by atoms with Crippen molar-refractivity contribution in [2.75, 3.05) is 20.7 Å². The zero-order chi connectivity index (χ0) is 14.4. The zero-order valence-electron chi connectivity index (χ0n) is 13.4. The second kappa shape index (κ2) is 7.74. The van der Waals surface area contributed by atoms with E-state index in [-0.39, 0.29) is 5.54 Å². The van der Waals surface area contributed by atoms with Crippen molar-refractivity contribution in [2.24, 2.45) is 5.84 Å². The Morgan fingerprint density at radius 1 is 1.25 bits per heavy atom. The highest BCUT2D eigenvalue weighted by Crippen LogP contribution is 2.36. The van der Waals surface area contributed by atoms with E-state index in [0.29, 0.717) is 12.1 Å². The number of nitrogens with zero attached hydrogens (tertiary/aromatic N) is 1. The van der Waals surface area contributed by atoms with E-state index >= 15 is 0 Å². The molecular formula is C16H33N3O. The van der Waals surface area contributed by atoms with Gasteiger partial charge in [0, 0.05) is 18.2 Å². The number of likely N-dealkylation sites (N-methyl/N-ethyl adjacent to an activating group) is 1. The second-order valence-corrected chi connectivity index (χ2v) is 6.84. The van der Waals surface area contributed by atoms with Crippen molar-refractivity contribution in [1.82, 2.24) is 10.3 Å². The van der Waals surface area contributed by atoms with Crippen LogP contribution in [0.3, 0.4) is 0 Å². The van der Waals surface area contributed by atoms with E-state index in [2.05, 4.69) is 24.4 Å². The molecule has 4 heteroatoms. The van der Waals surface area contributed by atoms with E-state index in [1.807, 2.05) is 0 Å². The largest absolute Gasteiger partial charge is 0.378 e. The topological polar surface area (TPSA) is 50.5 Å². The van der Waals surface area contributed by atoms with Crippen LogP contribution in [-0.4, -0.2) is 43.3 Å². The lowest BCUT2D eigenvalue weighted by molar-refractivity contribution is 0.0487. The minimum absolute atomic E-state index is 0.254. The predicted octanol–water partition coefficient (Wildman–Crippen LogP) is 2.43. The lowest BCUT2D eigenvalue weighted by atomic mass is 9.74. The van der Waals surface area contributed by atoms with E-state index in [0.717, 1.165) is 13.0 Å². The number of rotatable bonds is 7. The van der Waals surface area contributed by atoms with Gasteiger partial charge in [-0.3, -0.25) is 11.3 Å². The van der Waals surface area contributed by atoms with Crippen LogP contribution in [0.4, 0.5) is 0 Å². The van der Waals surface area contributed by atoms with Crippen molar-refractivity contribution in [3.05, 3.63) is 0 Å². The lowest BCUT2D eigenvalue weighted by Crippen LogP contribution is -2.61. The van der Waals surface area contributed by atoms with Crippen molar-refractivity contribution in [1.29, 1.82) is 0 Å². The molecule has 0 amide bonds. The molecule has 1 aliphatic carbocycles. The molecule has 0 aromatic heterocycles. The van der Waals surface area contributed by atoms with Crippen LogP contribution < -0.4 is 11.3 Å². The Morgan fingerprint density at radius 2 is 2.00 bits per heavy atom. The highest BCUT2D eigenvalue weighted by molar-refractivity contribution is 4.99. The van der Waals surface area contributed by atoms with Gasteiger partial charge in [-0.15, -0.1) is 0 Å². The lowest BCUT2D eigenvalue weighted by Gasteiger charge is -2.48. The zero-order valence-corrected chi connectivity index (χ0v) is 13.4. The van der Waals surface area contributed by atoms with Crippen LogP contribution in [-0.2, 0) is 4.74 Å². The summed E-state index contributed by atoms with van der Waals surface area (Å²) in [6.45, 7) is 0.963. The fraction of sp³-hybridized carbons (Fsp3) is 1.00. The Kier molecular flexibility index (Phi) is 6.27. The standard InChI is InChI=1S/C16H33N3O/c1-19(2)16(11-4-3-5-12-16)15(18-17)10-6-8-14-9-7-13-20-14/h14-15,18H,3-13,17H2,1-2H3. The highest BCUT2D eigenvalue weighted by Gasteiger charge is 2.40. The van der Waals surface area contributed by atoms with Gasteiger partial charge in [-0.2, -0.15) is 0 Å².